The Morgan fingerprint density at radius 2 is 2.22 bits per heavy atom. The SMILES string of the molecule is CCCNCc1ncc(-c2cccc(C)c2I)o1. The molecule has 0 fully saturated rings. The summed E-state index contributed by atoms with van der Waals surface area (Å²) >= 11 is 2.35. The van der Waals surface area contributed by atoms with Crippen LogP contribution in [0.2, 0.25) is 0 Å². The van der Waals surface area contributed by atoms with Gasteiger partial charge >= 0.3 is 0 Å². The van der Waals surface area contributed by atoms with Gasteiger partial charge in [-0.1, -0.05) is 25.1 Å². The van der Waals surface area contributed by atoms with Crippen LogP contribution in [0.1, 0.15) is 24.8 Å². The van der Waals surface area contributed by atoms with Gasteiger partial charge < -0.3 is 9.73 Å². The number of halogens is 1. The molecule has 0 atom stereocenters. The third-order valence-electron chi connectivity index (χ3n) is 2.71. The molecule has 2 rings (SSSR count). The predicted molar refractivity (Wildman–Crippen MR) is 81.4 cm³/mol. The first-order valence-corrected chi connectivity index (χ1v) is 7.21. The molecule has 0 aliphatic heterocycles. The molecule has 3 nitrogen and oxygen atoms in total. The Hall–Kier alpha value is -0.880. The van der Waals surface area contributed by atoms with E-state index in [4.69, 9.17) is 4.42 Å². The Labute approximate surface area is 121 Å². The zero-order chi connectivity index (χ0) is 13.0. The van der Waals surface area contributed by atoms with E-state index in [9.17, 15) is 0 Å². The predicted octanol–water partition coefficient (Wildman–Crippen LogP) is 3.75. The standard InChI is InChI=1S/C14H17IN2O/c1-3-7-16-9-13-17-8-12(18-13)11-6-4-5-10(2)14(11)15/h4-6,8,16H,3,7,9H2,1-2H3. The van der Waals surface area contributed by atoms with Gasteiger partial charge in [0.25, 0.3) is 0 Å². The van der Waals surface area contributed by atoms with Crippen LogP contribution in [0, 0.1) is 10.5 Å². The second kappa shape index (κ2) is 6.33. The molecule has 1 N–H and O–H groups in total. The molecule has 1 aromatic carbocycles. The summed E-state index contributed by atoms with van der Waals surface area (Å²) in [5, 5.41) is 3.28. The Morgan fingerprint density at radius 1 is 1.39 bits per heavy atom. The van der Waals surface area contributed by atoms with Gasteiger partial charge in [-0.15, -0.1) is 0 Å². The van der Waals surface area contributed by atoms with Gasteiger partial charge in [0, 0.05) is 9.13 Å². The minimum Gasteiger partial charge on any atom is -0.439 e. The molecule has 0 aliphatic rings. The van der Waals surface area contributed by atoms with Gasteiger partial charge in [-0.25, -0.2) is 4.98 Å². The first-order chi connectivity index (χ1) is 8.72. The summed E-state index contributed by atoms with van der Waals surface area (Å²) in [6, 6.07) is 6.22. The van der Waals surface area contributed by atoms with Crippen LogP contribution in [0.3, 0.4) is 0 Å². The van der Waals surface area contributed by atoms with E-state index in [1.165, 1.54) is 9.13 Å². The maximum absolute atomic E-state index is 5.77. The van der Waals surface area contributed by atoms with Crippen molar-refractivity contribution in [2.75, 3.05) is 6.54 Å². The molecule has 0 saturated heterocycles. The lowest BCUT2D eigenvalue weighted by molar-refractivity contribution is 0.477. The first kappa shape index (κ1) is 13.5. The molecule has 96 valence electrons. The van der Waals surface area contributed by atoms with Gasteiger partial charge in [-0.3, -0.25) is 0 Å². The fourth-order valence-electron chi connectivity index (χ4n) is 1.73. The lowest BCUT2D eigenvalue weighted by atomic mass is 10.1. The molecule has 0 saturated carbocycles. The van der Waals surface area contributed by atoms with Crippen molar-refractivity contribution >= 4 is 22.6 Å². The van der Waals surface area contributed by atoms with Crippen molar-refractivity contribution < 1.29 is 4.42 Å². The van der Waals surface area contributed by atoms with Crippen LogP contribution in [0.4, 0.5) is 0 Å². The summed E-state index contributed by atoms with van der Waals surface area (Å²) in [5.74, 6) is 1.59. The van der Waals surface area contributed by atoms with Gasteiger partial charge in [0.1, 0.15) is 0 Å². The molecule has 1 heterocycles. The van der Waals surface area contributed by atoms with E-state index in [-0.39, 0.29) is 0 Å². The molecular weight excluding hydrogens is 339 g/mol. The van der Waals surface area contributed by atoms with Crippen molar-refractivity contribution in [1.82, 2.24) is 10.3 Å². The largest absolute Gasteiger partial charge is 0.439 e. The van der Waals surface area contributed by atoms with Crippen LogP contribution in [0.15, 0.2) is 28.8 Å². The van der Waals surface area contributed by atoms with E-state index in [2.05, 4.69) is 58.9 Å². The molecular formula is C14H17IN2O. The molecule has 0 bridgehead atoms. The Bertz CT molecular complexity index is 522. The van der Waals surface area contributed by atoms with Gasteiger partial charge in [0.15, 0.2) is 5.76 Å². The van der Waals surface area contributed by atoms with Crippen molar-refractivity contribution in [3.63, 3.8) is 0 Å². The molecule has 0 radical (unpaired) electrons. The summed E-state index contributed by atoms with van der Waals surface area (Å²) < 4.78 is 7.00. The molecule has 4 heteroatoms. The molecule has 0 spiro atoms. The van der Waals surface area contributed by atoms with Crippen LogP contribution < -0.4 is 5.32 Å². The summed E-state index contributed by atoms with van der Waals surface area (Å²) in [7, 11) is 0. The minimum atomic E-state index is 0.691. The molecule has 0 amide bonds. The van der Waals surface area contributed by atoms with E-state index in [0.29, 0.717) is 6.54 Å². The summed E-state index contributed by atoms with van der Waals surface area (Å²) in [4.78, 5) is 4.30. The maximum atomic E-state index is 5.77. The number of aryl methyl sites for hydroxylation is 1. The number of rotatable bonds is 5. The Kier molecular flexibility index (Phi) is 4.77. The Morgan fingerprint density at radius 3 is 3.00 bits per heavy atom. The second-order valence-corrected chi connectivity index (χ2v) is 5.31. The van der Waals surface area contributed by atoms with E-state index >= 15 is 0 Å². The van der Waals surface area contributed by atoms with Crippen molar-refractivity contribution in [3.8, 4) is 11.3 Å². The number of benzene rings is 1. The second-order valence-electron chi connectivity index (χ2n) is 4.23. The summed E-state index contributed by atoms with van der Waals surface area (Å²) in [5.41, 5.74) is 2.37. The molecule has 0 aliphatic carbocycles. The highest BCUT2D eigenvalue weighted by Crippen LogP contribution is 2.27. The van der Waals surface area contributed by atoms with Gasteiger partial charge in [0.2, 0.25) is 5.89 Å². The van der Waals surface area contributed by atoms with Crippen LogP contribution in [-0.2, 0) is 6.54 Å². The van der Waals surface area contributed by atoms with Gasteiger partial charge in [-0.05, 0) is 48.0 Å². The molecule has 1 aromatic heterocycles. The smallest absolute Gasteiger partial charge is 0.208 e. The lowest BCUT2D eigenvalue weighted by Gasteiger charge is -2.03. The highest BCUT2D eigenvalue weighted by Gasteiger charge is 2.10. The Balaban J connectivity index is 2.16. The first-order valence-electron chi connectivity index (χ1n) is 6.13. The zero-order valence-corrected chi connectivity index (χ0v) is 12.8. The number of oxazole rings is 1. The number of aromatic nitrogens is 1. The fraction of sp³-hybridized carbons (Fsp3) is 0.357. The zero-order valence-electron chi connectivity index (χ0n) is 10.7. The van der Waals surface area contributed by atoms with Crippen LogP contribution in [0.5, 0.6) is 0 Å². The van der Waals surface area contributed by atoms with E-state index < -0.39 is 0 Å². The molecule has 0 unspecified atom stereocenters. The lowest BCUT2D eigenvalue weighted by Crippen LogP contribution is -2.13. The van der Waals surface area contributed by atoms with E-state index in [0.717, 1.165) is 30.2 Å². The molecule has 18 heavy (non-hydrogen) atoms. The average Bonchev–Trinajstić information content (AvgIpc) is 2.82. The van der Waals surface area contributed by atoms with Crippen LogP contribution in [0.25, 0.3) is 11.3 Å². The van der Waals surface area contributed by atoms with E-state index in [1.807, 2.05) is 6.07 Å². The van der Waals surface area contributed by atoms with Crippen molar-refractivity contribution in [2.24, 2.45) is 0 Å². The van der Waals surface area contributed by atoms with Gasteiger partial charge in [0.05, 0.1) is 12.7 Å². The number of nitrogens with one attached hydrogen (secondary N) is 1. The van der Waals surface area contributed by atoms with Crippen LogP contribution in [-0.4, -0.2) is 11.5 Å². The maximum Gasteiger partial charge on any atom is 0.208 e. The van der Waals surface area contributed by atoms with Crippen LogP contribution >= 0.6 is 22.6 Å². The third-order valence-corrected chi connectivity index (χ3v) is 4.15. The quantitative estimate of drug-likeness (QED) is 0.655. The molecule has 2 aromatic rings. The normalized spacial score (nSPS) is 10.8. The summed E-state index contributed by atoms with van der Waals surface area (Å²) in [6.45, 7) is 5.92. The number of nitrogens with zero attached hydrogens (tertiary/aromatic N) is 1. The highest BCUT2D eigenvalue weighted by atomic mass is 127. The van der Waals surface area contributed by atoms with Gasteiger partial charge in [-0.2, -0.15) is 0 Å². The monoisotopic (exact) mass is 356 g/mol. The number of hydrogen-bond donors (Lipinski definition) is 1. The van der Waals surface area contributed by atoms with Crippen molar-refractivity contribution in [1.29, 1.82) is 0 Å². The van der Waals surface area contributed by atoms with Crippen molar-refractivity contribution in [3.05, 3.63) is 39.4 Å². The highest BCUT2D eigenvalue weighted by molar-refractivity contribution is 14.1. The number of hydrogen-bond acceptors (Lipinski definition) is 3. The summed E-state index contributed by atoms with van der Waals surface area (Å²) in [6.07, 6.45) is 2.92. The third kappa shape index (κ3) is 3.11. The average molecular weight is 356 g/mol. The van der Waals surface area contributed by atoms with Crippen molar-refractivity contribution in [2.45, 2.75) is 26.8 Å². The fourth-order valence-corrected chi connectivity index (χ4v) is 2.35. The van der Waals surface area contributed by atoms with E-state index in [1.54, 1.807) is 6.20 Å². The minimum absolute atomic E-state index is 0.691. The topological polar surface area (TPSA) is 38.1 Å².